The van der Waals surface area contributed by atoms with E-state index in [-0.39, 0.29) is 18.8 Å². The number of aliphatic hydroxyl groups excluding tert-OH is 1. The topological polar surface area (TPSA) is 61.8 Å². The Labute approximate surface area is 224 Å². The Morgan fingerprint density at radius 3 is 2.22 bits per heavy atom. The van der Waals surface area contributed by atoms with Gasteiger partial charge in [0.25, 0.3) is 0 Å². The van der Waals surface area contributed by atoms with Crippen LogP contribution in [-0.4, -0.2) is 80.1 Å². The molecule has 0 saturated carbocycles. The lowest BCUT2D eigenvalue weighted by atomic mass is 10.0. The molecule has 2 aromatic carbocycles. The number of likely N-dealkylation sites (N-methyl/N-ethyl adjacent to an activating group) is 1. The number of carbonyl (C=O) groups is 1. The minimum Gasteiger partial charge on any atom is -0.446 e. The number of anilines is 1. The number of nitrogens with one attached hydrogen (secondary N) is 1. The Balaban J connectivity index is 1.24. The lowest BCUT2D eigenvalue weighted by Crippen LogP contribution is -2.42. The van der Waals surface area contributed by atoms with Gasteiger partial charge in [0.15, 0.2) is 0 Å². The molecule has 0 aliphatic carbocycles. The van der Waals surface area contributed by atoms with Crippen molar-refractivity contribution in [2.75, 3.05) is 58.7 Å². The number of rotatable bonds is 15. The van der Waals surface area contributed by atoms with Crippen LogP contribution >= 0.6 is 0 Å². The number of unbranched alkanes of at least 4 members (excludes halogenated alkanes) is 6. The van der Waals surface area contributed by atoms with Crippen LogP contribution < -0.4 is 5.32 Å². The first-order chi connectivity index (χ1) is 18.0. The predicted octanol–water partition coefficient (Wildman–Crippen LogP) is 6.17. The Morgan fingerprint density at radius 2 is 1.51 bits per heavy atom. The summed E-state index contributed by atoms with van der Waals surface area (Å²) in [6.45, 7) is 5.43. The Morgan fingerprint density at radius 1 is 0.892 bits per heavy atom. The second kappa shape index (κ2) is 15.8. The lowest BCUT2D eigenvalue weighted by Gasteiger charge is -2.31. The van der Waals surface area contributed by atoms with Crippen LogP contribution in [0.15, 0.2) is 54.6 Å². The van der Waals surface area contributed by atoms with E-state index in [4.69, 9.17) is 9.84 Å². The maximum atomic E-state index is 12.6. The van der Waals surface area contributed by atoms with Crippen LogP contribution in [0.25, 0.3) is 11.1 Å². The standard InChI is InChI=1S/C31H47N3O3/c1-34(2,25-26-35)24-14-7-5-3-4-6-13-21-33-22-19-28(20-23-33)37-31(36)32-30-18-12-11-17-29(30)27-15-9-8-10-16-27/h8-12,15-18,28,35H,3-7,13-14,19-26H2,1-2H3/p+1. The van der Waals surface area contributed by atoms with E-state index < -0.39 is 0 Å². The molecule has 204 valence electrons. The quantitative estimate of drug-likeness (QED) is 0.222. The van der Waals surface area contributed by atoms with Gasteiger partial charge in [0, 0.05) is 18.7 Å². The first-order valence-corrected chi connectivity index (χ1v) is 14.2. The third-order valence-electron chi connectivity index (χ3n) is 7.50. The van der Waals surface area contributed by atoms with E-state index in [9.17, 15) is 4.79 Å². The number of nitrogens with zero attached hydrogens (tertiary/aromatic N) is 2. The summed E-state index contributed by atoms with van der Waals surface area (Å²) in [6.07, 6.45) is 10.5. The number of likely N-dealkylation sites (tertiary alicyclic amines) is 1. The molecule has 0 unspecified atom stereocenters. The highest BCUT2D eigenvalue weighted by molar-refractivity contribution is 5.91. The number of hydrogen-bond donors (Lipinski definition) is 2. The molecule has 1 aliphatic rings. The number of para-hydroxylation sites is 1. The minimum absolute atomic E-state index is 0.0129. The van der Waals surface area contributed by atoms with E-state index in [2.05, 4.69) is 24.3 Å². The zero-order valence-electron chi connectivity index (χ0n) is 23.0. The predicted molar refractivity (Wildman–Crippen MR) is 153 cm³/mol. The summed E-state index contributed by atoms with van der Waals surface area (Å²) in [5.74, 6) is 0. The van der Waals surface area contributed by atoms with Crippen molar-refractivity contribution in [1.82, 2.24) is 4.90 Å². The molecule has 1 fully saturated rings. The minimum atomic E-state index is -0.363. The number of hydrogen-bond acceptors (Lipinski definition) is 4. The van der Waals surface area contributed by atoms with Gasteiger partial charge in [0.2, 0.25) is 0 Å². The largest absolute Gasteiger partial charge is 0.446 e. The second-order valence-electron chi connectivity index (χ2n) is 11.1. The van der Waals surface area contributed by atoms with Crippen LogP contribution in [0.3, 0.4) is 0 Å². The average molecular weight is 511 g/mol. The summed E-state index contributed by atoms with van der Waals surface area (Å²) >= 11 is 0. The van der Waals surface area contributed by atoms with E-state index >= 15 is 0 Å². The highest BCUT2D eigenvalue weighted by atomic mass is 16.6. The van der Waals surface area contributed by atoms with Crippen molar-refractivity contribution < 1.29 is 19.1 Å². The van der Waals surface area contributed by atoms with Crippen molar-refractivity contribution in [3.05, 3.63) is 54.6 Å². The number of piperidine rings is 1. The van der Waals surface area contributed by atoms with E-state index in [1.54, 1.807) is 0 Å². The van der Waals surface area contributed by atoms with Crippen LogP contribution in [0, 0.1) is 0 Å². The summed E-state index contributed by atoms with van der Waals surface area (Å²) in [4.78, 5) is 15.1. The van der Waals surface area contributed by atoms with Crippen molar-refractivity contribution in [2.24, 2.45) is 0 Å². The van der Waals surface area contributed by atoms with Gasteiger partial charge in [-0.05, 0) is 50.3 Å². The number of ether oxygens (including phenoxy) is 1. The highest BCUT2D eigenvalue weighted by Crippen LogP contribution is 2.28. The van der Waals surface area contributed by atoms with Gasteiger partial charge in [-0.25, -0.2) is 4.79 Å². The molecule has 0 spiro atoms. The zero-order valence-corrected chi connectivity index (χ0v) is 23.0. The fourth-order valence-corrected chi connectivity index (χ4v) is 5.14. The normalized spacial score (nSPS) is 15.0. The van der Waals surface area contributed by atoms with Crippen LogP contribution in [0.1, 0.15) is 57.8 Å². The maximum Gasteiger partial charge on any atom is 0.411 e. The van der Waals surface area contributed by atoms with Crippen LogP contribution in [0.5, 0.6) is 0 Å². The van der Waals surface area contributed by atoms with E-state index in [0.717, 1.165) is 66.9 Å². The third-order valence-corrected chi connectivity index (χ3v) is 7.50. The van der Waals surface area contributed by atoms with Crippen molar-refractivity contribution in [2.45, 2.75) is 63.9 Å². The molecule has 2 N–H and O–H groups in total. The summed E-state index contributed by atoms with van der Waals surface area (Å²) in [6, 6.07) is 17.9. The first kappa shape index (κ1) is 29.2. The van der Waals surface area contributed by atoms with Crippen LogP contribution in [0.2, 0.25) is 0 Å². The molecular formula is C31H48N3O3+. The molecule has 1 heterocycles. The fourth-order valence-electron chi connectivity index (χ4n) is 5.14. The van der Waals surface area contributed by atoms with Gasteiger partial charge < -0.3 is 19.2 Å². The van der Waals surface area contributed by atoms with Gasteiger partial charge in [-0.3, -0.25) is 5.32 Å². The van der Waals surface area contributed by atoms with Gasteiger partial charge in [-0.1, -0.05) is 74.2 Å². The number of aliphatic hydroxyl groups is 1. The van der Waals surface area contributed by atoms with Crippen molar-refractivity contribution in [3.63, 3.8) is 0 Å². The highest BCUT2D eigenvalue weighted by Gasteiger charge is 2.22. The summed E-state index contributed by atoms with van der Waals surface area (Å²) in [7, 11) is 4.40. The second-order valence-corrected chi connectivity index (χ2v) is 11.1. The molecule has 1 aliphatic heterocycles. The molecule has 1 saturated heterocycles. The van der Waals surface area contributed by atoms with Crippen molar-refractivity contribution in [3.8, 4) is 11.1 Å². The number of benzene rings is 2. The molecule has 0 radical (unpaired) electrons. The molecule has 0 bridgehead atoms. The molecule has 6 heteroatoms. The van der Waals surface area contributed by atoms with Gasteiger partial charge in [-0.2, -0.15) is 0 Å². The Kier molecular flexibility index (Phi) is 12.4. The molecule has 0 aromatic heterocycles. The maximum absolute atomic E-state index is 12.6. The SMILES string of the molecule is C[N+](C)(CCO)CCCCCCCCCN1CCC(OC(=O)Nc2ccccc2-c2ccccc2)CC1. The molecule has 37 heavy (non-hydrogen) atoms. The van der Waals surface area contributed by atoms with Crippen LogP contribution in [0.4, 0.5) is 10.5 Å². The molecule has 3 rings (SSSR count). The van der Waals surface area contributed by atoms with E-state index in [0.29, 0.717) is 0 Å². The van der Waals surface area contributed by atoms with Crippen molar-refractivity contribution >= 4 is 11.8 Å². The first-order valence-electron chi connectivity index (χ1n) is 14.2. The lowest BCUT2D eigenvalue weighted by molar-refractivity contribution is -0.890. The van der Waals surface area contributed by atoms with Gasteiger partial charge in [-0.15, -0.1) is 0 Å². The van der Waals surface area contributed by atoms with Crippen LogP contribution in [-0.2, 0) is 4.74 Å². The van der Waals surface area contributed by atoms with Gasteiger partial charge in [0.05, 0.1) is 32.9 Å². The monoisotopic (exact) mass is 510 g/mol. The zero-order chi connectivity index (χ0) is 26.3. The molecular weight excluding hydrogens is 462 g/mol. The number of carbonyl (C=O) groups excluding carboxylic acids is 1. The molecule has 2 aromatic rings. The Hall–Kier alpha value is -2.41. The van der Waals surface area contributed by atoms with Crippen molar-refractivity contribution in [1.29, 1.82) is 0 Å². The summed E-state index contributed by atoms with van der Waals surface area (Å²) in [5, 5.41) is 12.1. The third kappa shape index (κ3) is 10.8. The Bertz CT molecular complexity index is 911. The fraction of sp³-hybridized carbons (Fsp3) is 0.581. The average Bonchev–Trinajstić information content (AvgIpc) is 2.89. The van der Waals surface area contributed by atoms with Gasteiger partial charge in [0.1, 0.15) is 12.6 Å². The number of quaternary nitrogens is 1. The molecule has 6 nitrogen and oxygen atoms in total. The summed E-state index contributed by atoms with van der Waals surface area (Å²) < 4.78 is 6.69. The molecule has 0 atom stereocenters. The molecule has 1 amide bonds. The van der Waals surface area contributed by atoms with E-state index in [1.807, 2.05) is 54.6 Å². The summed E-state index contributed by atoms with van der Waals surface area (Å²) in [5.41, 5.74) is 2.85. The smallest absolute Gasteiger partial charge is 0.411 e. The van der Waals surface area contributed by atoms with Gasteiger partial charge >= 0.3 is 6.09 Å². The number of amides is 1. The van der Waals surface area contributed by atoms with E-state index in [1.165, 1.54) is 44.9 Å².